The third-order valence-corrected chi connectivity index (χ3v) is 5.41. The summed E-state index contributed by atoms with van der Waals surface area (Å²) in [5.74, 6) is -1.13. The molecule has 0 unspecified atom stereocenters. The maximum absolute atomic E-state index is 14.4. The molecular formula is C22H23FN4O3. The molecule has 2 aromatic rings. The molecule has 8 heteroatoms. The van der Waals surface area contributed by atoms with Crippen LogP contribution in [0.5, 0.6) is 0 Å². The Morgan fingerprint density at radius 3 is 2.57 bits per heavy atom. The van der Waals surface area contributed by atoms with Crippen molar-refractivity contribution in [3.05, 3.63) is 59.4 Å². The number of hydrogen-bond acceptors (Lipinski definition) is 3. The Morgan fingerprint density at radius 2 is 1.83 bits per heavy atom. The van der Waals surface area contributed by atoms with Gasteiger partial charge in [0.15, 0.2) is 0 Å². The molecule has 0 spiro atoms. The van der Waals surface area contributed by atoms with E-state index < -0.39 is 11.7 Å². The zero-order valence-electron chi connectivity index (χ0n) is 16.5. The monoisotopic (exact) mass is 410 g/mol. The summed E-state index contributed by atoms with van der Waals surface area (Å²) in [6, 6.07) is 11.9. The van der Waals surface area contributed by atoms with Gasteiger partial charge in [0.05, 0.1) is 12.2 Å². The van der Waals surface area contributed by atoms with E-state index in [2.05, 4.69) is 16.7 Å². The summed E-state index contributed by atoms with van der Waals surface area (Å²) in [5, 5.41) is 5.18. The Kier molecular flexibility index (Phi) is 5.65. The fourth-order valence-electron chi connectivity index (χ4n) is 3.85. The molecule has 0 aromatic heterocycles. The molecule has 0 radical (unpaired) electrons. The van der Waals surface area contributed by atoms with E-state index in [-0.39, 0.29) is 29.9 Å². The summed E-state index contributed by atoms with van der Waals surface area (Å²) in [4.78, 5) is 39.4. The first-order valence-electron chi connectivity index (χ1n) is 10.0. The van der Waals surface area contributed by atoms with Crippen LogP contribution >= 0.6 is 0 Å². The normalized spacial score (nSPS) is 15.7. The van der Waals surface area contributed by atoms with E-state index in [9.17, 15) is 18.8 Å². The van der Waals surface area contributed by atoms with Crippen LogP contribution in [0.25, 0.3) is 0 Å². The van der Waals surface area contributed by atoms with Gasteiger partial charge in [-0.3, -0.25) is 9.59 Å². The number of carbonyl (C=O) groups excluding carboxylic acids is 3. The molecule has 2 heterocycles. The largest absolute Gasteiger partial charge is 0.329 e. The highest BCUT2D eigenvalue weighted by molar-refractivity contribution is 5.97. The van der Waals surface area contributed by atoms with Gasteiger partial charge in [-0.15, -0.1) is 0 Å². The zero-order valence-corrected chi connectivity index (χ0v) is 16.5. The zero-order chi connectivity index (χ0) is 21.1. The van der Waals surface area contributed by atoms with Crippen LogP contribution in [0.3, 0.4) is 0 Å². The summed E-state index contributed by atoms with van der Waals surface area (Å²) in [7, 11) is 0. The van der Waals surface area contributed by atoms with Crippen LogP contribution in [0.4, 0.5) is 20.6 Å². The van der Waals surface area contributed by atoms with Crippen LogP contribution in [0.2, 0.25) is 0 Å². The summed E-state index contributed by atoms with van der Waals surface area (Å²) in [6.45, 7) is 1.37. The minimum absolute atomic E-state index is 0.103. The highest BCUT2D eigenvalue weighted by Crippen LogP contribution is 2.26. The van der Waals surface area contributed by atoms with E-state index in [1.807, 2.05) is 18.2 Å². The predicted octanol–water partition coefficient (Wildman–Crippen LogP) is 2.66. The average molecular weight is 410 g/mol. The van der Waals surface area contributed by atoms with Crippen molar-refractivity contribution in [2.24, 2.45) is 0 Å². The fourth-order valence-corrected chi connectivity index (χ4v) is 3.85. The molecular weight excluding hydrogens is 387 g/mol. The molecule has 30 heavy (non-hydrogen) atoms. The van der Waals surface area contributed by atoms with Gasteiger partial charge in [0.25, 0.3) is 0 Å². The van der Waals surface area contributed by atoms with Crippen LogP contribution in [0.15, 0.2) is 42.5 Å². The van der Waals surface area contributed by atoms with Crippen molar-refractivity contribution < 1.29 is 18.8 Å². The number of hydrogen-bond donors (Lipinski definition) is 2. The van der Waals surface area contributed by atoms with Gasteiger partial charge in [0.2, 0.25) is 11.8 Å². The Balaban J connectivity index is 1.29. The summed E-state index contributed by atoms with van der Waals surface area (Å²) in [6.07, 6.45) is 1.90. The maximum Gasteiger partial charge on any atom is 0.318 e. The van der Waals surface area contributed by atoms with Gasteiger partial charge in [-0.05, 0) is 42.2 Å². The maximum atomic E-state index is 14.4. The van der Waals surface area contributed by atoms with E-state index in [0.717, 1.165) is 12.0 Å². The van der Waals surface area contributed by atoms with E-state index in [0.29, 0.717) is 32.5 Å². The highest BCUT2D eigenvalue weighted by Gasteiger charge is 2.24. The van der Waals surface area contributed by atoms with Gasteiger partial charge >= 0.3 is 6.03 Å². The Hall–Kier alpha value is -3.42. The van der Waals surface area contributed by atoms with Gasteiger partial charge in [0, 0.05) is 31.7 Å². The van der Waals surface area contributed by atoms with Gasteiger partial charge in [-0.1, -0.05) is 24.3 Å². The molecule has 1 fully saturated rings. The lowest BCUT2D eigenvalue weighted by Crippen LogP contribution is -2.45. The van der Waals surface area contributed by atoms with Crippen LogP contribution in [0, 0.1) is 5.82 Å². The number of nitrogens with zero attached hydrogens (tertiary/aromatic N) is 2. The molecule has 0 atom stereocenters. The van der Waals surface area contributed by atoms with Gasteiger partial charge in [-0.2, -0.15) is 0 Å². The van der Waals surface area contributed by atoms with E-state index in [1.54, 1.807) is 11.0 Å². The second-order valence-electron chi connectivity index (χ2n) is 7.46. The number of anilines is 2. The van der Waals surface area contributed by atoms with Crippen molar-refractivity contribution in [1.29, 1.82) is 0 Å². The standard InChI is InChI=1S/C22H23FN4O3/c23-18-12-17(7-8-19(18)27-10-3-6-21(27)29)25-20(28)13-24-22(30)26-11-9-15-4-1-2-5-16(15)14-26/h1-2,4-5,7-8,12H,3,6,9-11,13-14H2,(H,24,30)(H,25,28). The van der Waals surface area contributed by atoms with Crippen molar-refractivity contribution in [1.82, 2.24) is 10.2 Å². The number of benzene rings is 2. The minimum Gasteiger partial charge on any atom is -0.329 e. The number of urea groups is 1. The third kappa shape index (κ3) is 4.27. The molecule has 0 saturated carbocycles. The first-order chi connectivity index (χ1) is 14.5. The molecule has 2 N–H and O–H groups in total. The molecule has 7 nitrogen and oxygen atoms in total. The molecule has 1 saturated heterocycles. The first kappa shape index (κ1) is 19.9. The average Bonchev–Trinajstić information content (AvgIpc) is 3.17. The van der Waals surface area contributed by atoms with Crippen LogP contribution in [-0.4, -0.2) is 42.4 Å². The van der Waals surface area contributed by atoms with Crippen LogP contribution in [0.1, 0.15) is 24.0 Å². The molecule has 0 bridgehead atoms. The SMILES string of the molecule is O=C(CNC(=O)N1CCc2ccccc2C1)Nc1ccc(N2CCCC2=O)c(F)c1. The first-order valence-corrected chi connectivity index (χ1v) is 10.0. The third-order valence-electron chi connectivity index (χ3n) is 5.41. The number of rotatable bonds is 4. The van der Waals surface area contributed by atoms with E-state index in [1.165, 1.54) is 22.6 Å². The lowest BCUT2D eigenvalue weighted by molar-refractivity contribution is -0.117. The fraction of sp³-hybridized carbons (Fsp3) is 0.318. The summed E-state index contributed by atoms with van der Waals surface area (Å²) >= 11 is 0. The topological polar surface area (TPSA) is 81.8 Å². The van der Waals surface area contributed by atoms with E-state index >= 15 is 0 Å². The summed E-state index contributed by atoms with van der Waals surface area (Å²) in [5.41, 5.74) is 2.83. The number of amides is 4. The lowest BCUT2D eigenvalue weighted by Gasteiger charge is -2.28. The number of carbonyl (C=O) groups is 3. The van der Waals surface area contributed by atoms with Crippen molar-refractivity contribution in [3.8, 4) is 0 Å². The van der Waals surface area contributed by atoms with Crippen molar-refractivity contribution in [2.45, 2.75) is 25.8 Å². The molecule has 0 aliphatic carbocycles. The second kappa shape index (κ2) is 8.52. The van der Waals surface area contributed by atoms with Gasteiger partial charge in [0.1, 0.15) is 5.82 Å². The number of nitrogens with one attached hydrogen (secondary N) is 2. The van der Waals surface area contributed by atoms with Crippen molar-refractivity contribution in [3.63, 3.8) is 0 Å². The molecule has 156 valence electrons. The Morgan fingerprint density at radius 1 is 1.03 bits per heavy atom. The van der Waals surface area contributed by atoms with E-state index in [4.69, 9.17) is 0 Å². The Labute approximate surface area is 173 Å². The number of fused-ring (bicyclic) bond motifs is 1. The molecule has 2 aromatic carbocycles. The van der Waals surface area contributed by atoms with Gasteiger partial charge in [-0.25, -0.2) is 9.18 Å². The Bertz CT molecular complexity index is 994. The highest BCUT2D eigenvalue weighted by atomic mass is 19.1. The number of halogens is 1. The molecule has 2 aliphatic rings. The minimum atomic E-state index is -0.570. The van der Waals surface area contributed by atoms with Gasteiger partial charge < -0.3 is 20.4 Å². The molecule has 2 aliphatic heterocycles. The van der Waals surface area contributed by atoms with Crippen molar-refractivity contribution in [2.75, 3.05) is 29.9 Å². The second-order valence-corrected chi connectivity index (χ2v) is 7.46. The summed E-state index contributed by atoms with van der Waals surface area (Å²) < 4.78 is 14.4. The van der Waals surface area contributed by atoms with Crippen LogP contribution in [-0.2, 0) is 22.6 Å². The van der Waals surface area contributed by atoms with Crippen LogP contribution < -0.4 is 15.5 Å². The van der Waals surface area contributed by atoms with Crippen molar-refractivity contribution >= 4 is 29.2 Å². The smallest absolute Gasteiger partial charge is 0.318 e. The lowest BCUT2D eigenvalue weighted by atomic mass is 10.0. The quantitative estimate of drug-likeness (QED) is 0.813. The molecule has 4 rings (SSSR count). The molecule has 4 amide bonds. The predicted molar refractivity (Wildman–Crippen MR) is 111 cm³/mol.